The molecule has 0 spiro atoms. The molecule has 0 radical (unpaired) electrons. The molecule has 2 aromatic rings. The zero-order valence-corrected chi connectivity index (χ0v) is 13.0. The van der Waals surface area contributed by atoms with E-state index >= 15 is 0 Å². The molecule has 5 heteroatoms. The van der Waals surface area contributed by atoms with Gasteiger partial charge >= 0.3 is 0 Å². The summed E-state index contributed by atoms with van der Waals surface area (Å²) in [6.07, 6.45) is 0.376. The van der Waals surface area contributed by atoms with Crippen LogP contribution >= 0.6 is 15.9 Å². The molecule has 1 aliphatic rings. The highest BCUT2D eigenvalue weighted by molar-refractivity contribution is 9.10. The van der Waals surface area contributed by atoms with E-state index in [-0.39, 0.29) is 11.8 Å². The number of halogens is 1. The third-order valence-electron chi connectivity index (χ3n) is 3.37. The number of nitrogens with one attached hydrogen (secondary N) is 2. The molecule has 0 unspecified atom stereocenters. The fraction of sp³-hybridized carbons (Fsp3) is 0.125. The normalized spacial score (nSPS) is 12.8. The number of rotatable bonds is 2. The molecule has 2 aromatic carbocycles. The Morgan fingerprint density at radius 1 is 1.24 bits per heavy atom. The molecule has 0 bridgehead atoms. The average molecular weight is 345 g/mol. The smallest absolute Gasteiger partial charge is 0.255 e. The van der Waals surface area contributed by atoms with Crippen LogP contribution in [-0.4, -0.2) is 11.8 Å². The highest BCUT2D eigenvalue weighted by atomic mass is 79.9. The van der Waals surface area contributed by atoms with Crippen LogP contribution in [0.15, 0.2) is 40.9 Å². The number of amides is 2. The van der Waals surface area contributed by atoms with Crippen molar-refractivity contribution in [3.63, 3.8) is 0 Å². The topological polar surface area (TPSA) is 58.2 Å². The molecule has 106 valence electrons. The van der Waals surface area contributed by atoms with E-state index < -0.39 is 0 Å². The highest BCUT2D eigenvalue weighted by Gasteiger charge is 2.19. The van der Waals surface area contributed by atoms with Crippen molar-refractivity contribution < 1.29 is 9.59 Å². The van der Waals surface area contributed by atoms with Crippen LogP contribution in [0.3, 0.4) is 0 Å². The van der Waals surface area contributed by atoms with Gasteiger partial charge in [-0.15, -0.1) is 0 Å². The maximum Gasteiger partial charge on any atom is 0.255 e. The van der Waals surface area contributed by atoms with Crippen LogP contribution in [0.25, 0.3) is 0 Å². The molecule has 2 amide bonds. The van der Waals surface area contributed by atoms with Gasteiger partial charge in [0, 0.05) is 15.7 Å². The van der Waals surface area contributed by atoms with E-state index in [4.69, 9.17) is 0 Å². The van der Waals surface area contributed by atoms with Crippen LogP contribution in [0.1, 0.15) is 21.5 Å². The number of hydrogen-bond donors (Lipinski definition) is 2. The van der Waals surface area contributed by atoms with E-state index in [0.717, 1.165) is 27.0 Å². The molecule has 0 saturated carbocycles. The molecule has 0 fully saturated rings. The van der Waals surface area contributed by atoms with Crippen molar-refractivity contribution in [3.8, 4) is 0 Å². The Labute approximate surface area is 130 Å². The fourth-order valence-corrected chi connectivity index (χ4v) is 2.86. The van der Waals surface area contributed by atoms with Gasteiger partial charge in [0.05, 0.1) is 12.1 Å². The van der Waals surface area contributed by atoms with Crippen LogP contribution in [-0.2, 0) is 11.2 Å². The van der Waals surface area contributed by atoms with Gasteiger partial charge in [0.2, 0.25) is 5.91 Å². The minimum atomic E-state index is -0.205. The van der Waals surface area contributed by atoms with Crippen molar-refractivity contribution in [3.05, 3.63) is 57.6 Å². The lowest BCUT2D eigenvalue weighted by Crippen LogP contribution is -2.12. The van der Waals surface area contributed by atoms with Crippen molar-refractivity contribution in [1.29, 1.82) is 0 Å². The molecule has 1 heterocycles. The molecule has 0 atom stereocenters. The van der Waals surface area contributed by atoms with E-state index in [0.29, 0.717) is 12.0 Å². The second kappa shape index (κ2) is 5.33. The van der Waals surface area contributed by atoms with E-state index in [1.807, 2.05) is 31.2 Å². The van der Waals surface area contributed by atoms with Crippen LogP contribution in [0.4, 0.5) is 11.4 Å². The predicted octanol–water partition coefficient (Wildman–Crippen LogP) is 3.50. The van der Waals surface area contributed by atoms with Crippen molar-refractivity contribution in [2.45, 2.75) is 13.3 Å². The summed E-state index contributed by atoms with van der Waals surface area (Å²) >= 11 is 3.43. The van der Waals surface area contributed by atoms with Crippen molar-refractivity contribution in [2.24, 2.45) is 0 Å². The Kier molecular flexibility index (Phi) is 3.51. The van der Waals surface area contributed by atoms with E-state index in [1.165, 1.54) is 0 Å². The molecular weight excluding hydrogens is 332 g/mol. The Morgan fingerprint density at radius 3 is 2.81 bits per heavy atom. The van der Waals surface area contributed by atoms with Gasteiger partial charge in [-0.1, -0.05) is 12.1 Å². The van der Waals surface area contributed by atoms with Gasteiger partial charge in [0.1, 0.15) is 0 Å². The van der Waals surface area contributed by atoms with Crippen LogP contribution in [0, 0.1) is 6.92 Å². The Bertz CT molecular complexity index is 756. The lowest BCUT2D eigenvalue weighted by molar-refractivity contribution is -0.115. The lowest BCUT2D eigenvalue weighted by atomic mass is 10.1. The molecule has 0 aromatic heterocycles. The summed E-state index contributed by atoms with van der Waals surface area (Å²) in [5, 5.41) is 5.60. The van der Waals surface area contributed by atoms with E-state index in [1.54, 1.807) is 12.1 Å². The first-order valence-corrected chi connectivity index (χ1v) is 7.32. The number of anilines is 2. The van der Waals surface area contributed by atoms with Crippen LogP contribution in [0.5, 0.6) is 0 Å². The van der Waals surface area contributed by atoms with E-state index in [2.05, 4.69) is 26.6 Å². The minimum Gasteiger partial charge on any atom is -0.326 e. The van der Waals surface area contributed by atoms with Gasteiger partial charge in [-0.3, -0.25) is 9.59 Å². The summed E-state index contributed by atoms with van der Waals surface area (Å²) in [6, 6.07) is 11.0. The standard InChI is InChI=1S/C16H13BrN2O2/c1-9-2-5-13(12(17)6-9)19-16(21)11-4-3-10-8-15(20)18-14(10)7-11/h2-7H,8H2,1H3,(H,18,20)(H,19,21). The maximum absolute atomic E-state index is 12.3. The quantitative estimate of drug-likeness (QED) is 0.875. The summed E-state index contributed by atoms with van der Waals surface area (Å²) < 4.78 is 0.838. The second-order valence-corrected chi connectivity index (χ2v) is 5.89. The van der Waals surface area contributed by atoms with Gasteiger partial charge in [-0.05, 0) is 58.2 Å². The first kappa shape index (κ1) is 13.8. The highest BCUT2D eigenvalue weighted by Crippen LogP contribution is 2.26. The largest absolute Gasteiger partial charge is 0.326 e. The number of carbonyl (C=O) groups excluding carboxylic acids is 2. The number of aryl methyl sites for hydroxylation is 1. The fourth-order valence-electron chi connectivity index (χ4n) is 2.27. The number of fused-ring (bicyclic) bond motifs is 1. The third-order valence-corrected chi connectivity index (χ3v) is 4.03. The monoisotopic (exact) mass is 344 g/mol. The molecule has 0 saturated heterocycles. The van der Waals surface area contributed by atoms with Gasteiger partial charge < -0.3 is 10.6 Å². The average Bonchev–Trinajstić information content (AvgIpc) is 2.80. The van der Waals surface area contributed by atoms with Crippen molar-refractivity contribution in [2.75, 3.05) is 10.6 Å². The molecule has 1 aliphatic heterocycles. The predicted molar refractivity (Wildman–Crippen MR) is 85.6 cm³/mol. The van der Waals surface area contributed by atoms with Gasteiger partial charge in [0.25, 0.3) is 5.91 Å². The first-order chi connectivity index (χ1) is 10.0. The molecule has 4 nitrogen and oxygen atoms in total. The van der Waals surface area contributed by atoms with Gasteiger partial charge in [-0.2, -0.15) is 0 Å². The second-order valence-electron chi connectivity index (χ2n) is 5.03. The first-order valence-electron chi connectivity index (χ1n) is 6.53. The summed E-state index contributed by atoms with van der Waals surface area (Å²) in [4.78, 5) is 23.6. The molecule has 2 N–H and O–H groups in total. The summed E-state index contributed by atoms with van der Waals surface area (Å²) in [7, 11) is 0. The number of benzene rings is 2. The molecule has 3 rings (SSSR count). The zero-order valence-electron chi connectivity index (χ0n) is 11.4. The third kappa shape index (κ3) is 2.83. The van der Waals surface area contributed by atoms with Crippen molar-refractivity contribution in [1.82, 2.24) is 0 Å². The molecular formula is C16H13BrN2O2. The Hall–Kier alpha value is -2.14. The maximum atomic E-state index is 12.3. The van der Waals surface area contributed by atoms with Gasteiger partial charge in [0.15, 0.2) is 0 Å². The minimum absolute atomic E-state index is 0.0381. The van der Waals surface area contributed by atoms with Crippen LogP contribution in [0.2, 0.25) is 0 Å². The van der Waals surface area contributed by atoms with Gasteiger partial charge in [-0.25, -0.2) is 0 Å². The molecule has 21 heavy (non-hydrogen) atoms. The Balaban J connectivity index is 1.83. The SMILES string of the molecule is Cc1ccc(NC(=O)c2ccc3c(c2)NC(=O)C3)c(Br)c1. The lowest BCUT2D eigenvalue weighted by Gasteiger charge is -2.09. The zero-order chi connectivity index (χ0) is 15.0. The van der Waals surface area contributed by atoms with Crippen molar-refractivity contribution >= 4 is 39.1 Å². The Morgan fingerprint density at radius 2 is 2.05 bits per heavy atom. The van der Waals surface area contributed by atoms with E-state index in [9.17, 15) is 9.59 Å². The van der Waals surface area contributed by atoms with Crippen LogP contribution < -0.4 is 10.6 Å². The summed E-state index contributed by atoms with van der Waals surface area (Å²) in [5.74, 6) is -0.243. The number of carbonyl (C=O) groups is 2. The summed E-state index contributed by atoms with van der Waals surface area (Å²) in [5.41, 5.74) is 3.99. The summed E-state index contributed by atoms with van der Waals surface area (Å²) in [6.45, 7) is 1.99. The number of hydrogen-bond acceptors (Lipinski definition) is 2. The molecule has 0 aliphatic carbocycles.